The van der Waals surface area contributed by atoms with Crippen molar-refractivity contribution in [2.24, 2.45) is 0 Å². The van der Waals surface area contributed by atoms with E-state index in [1.165, 1.54) is 0 Å². The number of pyridine rings is 1. The Morgan fingerprint density at radius 3 is 2.70 bits per heavy atom. The van der Waals surface area contributed by atoms with E-state index in [0.717, 1.165) is 21.9 Å². The monoisotopic (exact) mass is 303 g/mol. The van der Waals surface area contributed by atoms with Crippen LogP contribution in [-0.2, 0) is 9.53 Å². The third kappa shape index (κ3) is 3.46. The maximum absolute atomic E-state index is 12.3. The van der Waals surface area contributed by atoms with E-state index in [1.807, 2.05) is 73.8 Å². The smallest absolute Gasteiger partial charge is 0.338 e. The van der Waals surface area contributed by atoms with E-state index in [2.05, 4.69) is 4.98 Å². The van der Waals surface area contributed by atoms with Gasteiger partial charge in [0.15, 0.2) is 0 Å². The number of hydrogen-bond donors (Lipinski definition) is 0. The first-order chi connectivity index (χ1) is 11.3. The number of carbonyl (C=O) groups is 1. The number of ether oxygens (including phenoxy) is 1. The predicted octanol–water partition coefficient (Wildman–Crippen LogP) is 4.34. The summed E-state index contributed by atoms with van der Waals surface area (Å²) in [5.74, 6) is -0.315. The molecule has 0 spiro atoms. The zero-order valence-electron chi connectivity index (χ0n) is 12.9. The zero-order valence-corrected chi connectivity index (χ0v) is 12.9. The van der Waals surface area contributed by atoms with Gasteiger partial charge in [0.05, 0.1) is 12.2 Å². The van der Waals surface area contributed by atoms with Crippen molar-refractivity contribution in [3.63, 3.8) is 0 Å². The van der Waals surface area contributed by atoms with Crippen molar-refractivity contribution in [2.75, 3.05) is 6.61 Å². The summed E-state index contributed by atoms with van der Waals surface area (Å²) in [6.07, 6.45) is 5.45. The molecule has 0 bridgehead atoms. The topological polar surface area (TPSA) is 39.2 Å². The lowest BCUT2D eigenvalue weighted by atomic mass is 10.0. The maximum atomic E-state index is 12.3. The van der Waals surface area contributed by atoms with E-state index in [0.29, 0.717) is 12.2 Å². The summed E-state index contributed by atoms with van der Waals surface area (Å²) in [6, 6.07) is 17.6. The number of carbonyl (C=O) groups excluding carboxylic acids is 1. The number of hydrogen-bond acceptors (Lipinski definition) is 3. The average molecular weight is 303 g/mol. The summed E-state index contributed by atoms with van der Waals surface area (Å²) < 4.78 is 5.20. The molecule has 1 aromatic heterocycles. The Kier molecular flexibility index (Phi) is 4.48. The number of benzene rings is 2. The summed E-state index contributed by atoms with van der Waals surface area (Å²) in [6.45, 7) is 2.16. The molecule has 0 saturated heterocycles. The van der Waals surface area contributed by atoms with Gasteiger partial charge in [0.2, 0.25) is 0 Å². The van der Waals surface area contributed by atoms with E-state index >= 15 is 0 Å². The summed E-state index contributed by atoms with van der Waals surface area (Å²) in [4.78, 5) is 16.5. The van der Waals surface area contributed by atoms with Crippen LogP contribution in [0.1, 0.15) is 18.1 Å². The van der Waals surface area contributed by atoms with Gasteiger partial charge >= 0.3 is 5.97 Å². The molecule has 0 aliphatic heterocycles. The van der Waals surface area contributed by atoms with Gasteiger partial charge in [0.1, 0.15) is 0 Å². The quantitative estimate of drug-likeness (QED) is 0.409. The third-order valence-electron chi connectivity index (χ3n) is 3.56. The second-order valence-corrected chi connectivity index (χ2v) is 5.13. The summed E-state index contributed by atoms with van der Waals surface area (Å²) >= 11 is 0. The van der Waals surface area contributed by atoms with Gasteiger partial charge in [-0.3, -0.25) is 4.98 Å². The molecule has 3 rings (SSSR count). The Balaban J connectivity index is 2.06. The molecule has 2 aromatic carbocycles. The maximum Gasteiger partial charge on any atom is 0.338 e. The highest BCUT2D eigenvalue weighted by Crippen LogP contribution is 2.22. The van der Waals surface area contributed by atoms with Crippen molar-refractivity contribution in [1.29, 1.82) is 0 Å². The molecule has 114 valence electrons. The second-order valence-electron chi connectivity index (χ2n) is 5.13. The molecule has 0 fully saturated rings. The number of nitrogens with zero attached hydrogens (tertiary/aromatic N) is 1. The van der Waals surface area contributed by atoms with Crippen LogP contribution in [0.15, 0.2) is 67.0 Å². The van der Waals surface area contributed by atoms with Crippen LogP contribution in [0.3, 0.4) is 0 Å². The molecule has 0 amide bonds. The largest absolute Gasteiger partial charge is 0.462 e. The van der Waals surface area contributed by atoms with Crippen molar-refractivity contribution in [1.82, 2.24) is 4.98 Å². The number of fused-ring (bicyclic) bond motifs is 1. The molecule has 0 aliphatic rings. The van der Waals surface area contributed by atoms with Crippen LogP contribution in [0.5, 0.6) is 0 Å². The van der Waals surface area contributed by atoms with Crippen molar-refractivity contribution in [3.05, 3.63) is 78.1 Å². The van der Waals surface area contributed by atoms with Gasteiger partial charge < -0.3 is 4.74 Å². The SMILES string of the molecule is CCOC(=O)/C(=C\c1ccc2ccncc2c1)c1ccccc1. The fourth-order valence-electron chi connectivity index (χ4n) is 2.45. The van der Waals surface area contributed by atoms with E-state index in [-0.39, 0.29) is 5.97 Å². The van der Waals surface area contributed by atoms with Gasteiger partial charge in [-0.25, -0.2) is 4.79 Å². The molecule has 1 heterocycles. The molecule has 3 heteroatoms. The minimum Gasteiger partial charge on any atom is -0.462 e. The first-order valence-electron chi connectivity index (χ1n) is 7.56. The average Bonchev–Trinajstić information content (AvgIpc) is 2.60. The molecule has 3 nitrogen and oxygen atoms in total. The first-order valence-corrected chi connectivity index (χ1v) is 7.56. The van der Waals surface area contributed by atoms with Gasteiger partial charge in [-0.15, -0.1) is 0 Å². The Labute approximate surface area is 135 Å². The standard InChI is InChI=1S/C20H17NO2/c1-2-23-20(22)19(17-6-4-3-5-7-17)13-15-8-9-16-10-11-21-14-18(16)12-15/h3-14H,2H2,1H3/b19-13-. The van der Waals surface area contributed by atoms with Crippen molar-refractivity contribution >= 4 is 28.4 Å². The molecule has 0 atom stereocenters. The predicted molar refractivity (Wildman–Crippen MR) is 92.7 cm³/mol. The highest BCUT2D eigenvalue weighted by atomic mass is 16.5. The van der Waals surface area contributed by atoms with Crippen molar-refractivity contribution in [2.45, 2.75) is 6.92 Å². The molecule has 0 saturated carbocycles. The fraction of sp³-hybridized carbons (Fsp3) is 0.100. The Morgan fingerprint density at radius 1 is 1.09 bits per heavy atom. The van der Waals surface area contributed by atoms with Crippen molar-refractivity contribution < 1.29 is 9.53 Å². The van der Waals surface area contributed by atoms with Crippen molar-refractivity contribution in [3.8, 4) is 0 Å². The molecule has 0 N–H and O–H groups in total. The van der Waals surface area contributed by atoms with Gasteiger partial charge in [0, 0.05) is 17.8 Å². The first kappa shape index (κ1) is 15.0. The van der Waals surface area contributed by atoms with Gasteiger partial charge in [-0.05, 0) is 41.6 Å². The molecule has 3 aromatic rings. The third-order valence-corrected chi connectivity index (χ3v) is 3.56. The van der Waals surface area contributed by atoms with Crippen LogP contribution in [0, 0.1) is 0 Å². The minimum atomic E-state index is -0.315. The summed E-state index contributed by atoms with van der Waals surface area (Å²) in [5, 5.41) is 2.16. The molecular formula is C20H17NO2. The highest BCUT2D eigenvalue weighted by molar-refractivity contribution is 6.21. The number of esters is 1. The van der Waals surface area contributed by atoms with E-state index in [4.69, 9.17) is 4.74 Å². The second kappa shape index (κ2) is 6.88. The fourth-order valence-corrected chi connectivity index (χ4v) is 2.45. The lowest BCUT2D eigenvalue weighted by Crippen LogP contribution is -2.06. The summed E-state index contributed by atoms with van der Waals surface area (Å²) in [5.41, 5.74) is 2.34. The van der Waals surface area contributed by atoms with Crippen LogP contribution in [0.2, 0.25) is 0 Å². The van der Waals surface area contributed by atoms with E-state index < -0.39 is 0 Å². The van der Waals surface area contributed by atoms with E-state index in [9.17, 15) is 4.79 Å². The summed E-state index contributed by atoms with van der Waals surface area (Å²) in [7, 11) is 0. The Bertz CT molecular complexity index is 854. The lowest BCUT2D eigenvalue weighted by Gasteiger charge is -2.08. The zero-order chi connectivity index (χ0) is 16.1. The normalized spacial score (nSPS) is 11.4. The highest BCUT2D eigenvalue weighted by Gasteiger charge is 2.13. The number of aromatic nitrogens is 1. The Morgan fingerprint density at radius 2 is 1.91 bits per heavy atom. The van der Waals surface area contributed by atoms with Gasteiger partial charge in [-0.1, -0.05) is 42.5 Å². The Hall–Kier alpha value is -2.94. The van der Waals surface area contributed by atoms with Gasteiger partial charge in [-0.2, -0.15) is 0 Å². The van der Waals surface area contributed by atoms with Crippen LogP contribution in [0.25, 0.3) is 22.4 Å². The van der Waals surface area contributed by atoms with Crippen LogP contribution >= 0.6 is 0 Å². The lowest BCUT2D eigenvalue weighted by molar-refractivity contribution is -0.136. The van der Waals surface area contributed by atoms with Gasteiger partial charge in [0.25, 0.3) is 0 Å². The van der Waals surface area contributed by atoms with E-state index in [1.54, 1.807) is 6.20 Å². The molecule has 23 heavy (non-hydrogen) atoms. The molecular weight excluding hydrogens is 286 g/mol. The molecule has 0 radical (unpaired) electrons. The molecule has 0 aliphatic carbocycles. The molecule has 0 unspecified atom stereocenters. The van der Waals surface area contributed by atoms with Crippen LogP contribution in [-0.4, -0.2) is 17.6 Å². The minimum absolute atomic E-state index is 0.315. The number of rotatable bonds is 4. The van der Waals surface area contributed by atoms with Crippen LogP contribution < -0.4 is 0 Å². The van der Waals surface area contributed by atoms with Crippen LogP contribution in [0.4, 0.5) is 0 Å².